The zero-order valence-corrected chi connectivity index (χ0v) is 18.4. The first kappa shape index (κ1) is 20.8. The fourth-order valence-electron chi connectivity index (χ4n) is 3.04. The van der Waals surface area contributed by atoms with E-state index in [-0.39, 0.29) is 15.7 Å². The third-order valence-corrected chi connectivity index (χ3v) is 7.17. The Balaban J connectivity index is 1.48. The van der Waals surface area contributed by atoms with Crippen LogP contribution in [0.25, 0.3) is 10.2 Å². The van der Waals surface area contributed by atoms with Crippen LogP contribution in [0.2, 0.25) is 0 Å². The van der Waals surface area contributed by atoms with E-state index in [9.17, 15) is 18.0 Å². The molecular formula is C22H19N3O4S2. The molecule has 0 unspecified atom stereocenters. The highest BCUT2D eigenvalue weighted by Gasteiger charge is 2.14. The van der Waals surface area contributed by atoms with E-state index in [1.165, 1.54) is 12.1 Å². The SMILES string of the molecule is Cc1ccc(S(=O)(=O)Nc2ccc(C(=O)Nc3ccc4c(c3)sc(=O)n4C)cc2)cc1. The van der Waals surface area contributed by atoms with Crippen LogP contribution in [0, 0.1) is 6.92 Å². The summed E-state index contributed by atoms with van der Waals surface area (Å²) in [7, 11) is -2.01. The van der Waals surface area contributed by atoms with Crippen molar-refractivity contribution in [3.63, 3.8) is 0 Å². The molecule has 4 rings (SSSR count). The smallest absolute Gasteiger partial charge is 0.307 e. The van der Waals surface area contributed by atoms with Crippen molar-refractivity contribution in [3.8, 4) is 0 Å². The lowest BCUT2D eigenvalue weighted by Gasteiger charge is -2.10. The van der Waals surface area contributed by atoms with Crippen LogP contribution in [0.15, 0.2) is 76.4 Å². The van der Waals surface area contributed by atoms with Crippen molar-refractivity contribution < 1.29 is 13.2 Å². The van der Waals surface area contributed by atoms with Gasteiger partial charge < -0.3 is 9.88 Å². The Labute approximate surface area is 183 Å². The minimum atomic E-state index is -3.71. The van der Waals surface area contributed by atoms with Crippen molar-refractivity contribution in [1.82, 2.24) is 4.57 Å². The van der Waals surface area contributed by atoms with Gasteiger partial charge in [0.25, 0.3) is 15.9 Å². The number of carbonyl (C=O) groups is 1. The third kappa shape index (κ3) is 4.37. The molecule has 31 heavy (non-hydrogen) atoms. The minimum Gasteiger partial charge on any atom is -0.322 e. The summed E-state index contributed by atoms with van der Waals surface area (Å²) >= 11 is 1.11. The number of hydrogen-bond donors (Lipinski definition) is 2. The maximum Gasteiger partial charge on any atom is 0.307 e. The Bertz CT molecular complexity index is 1440. The summed E-state index contributed by atoms with van der Waals surface area (Å²) in [5.74, 6) is -0.337. The number of fused-ring (bicyclic) bond motifs is 1. The van der Waals surface area contributed by atoms with Crippen LogP contribution in [-0.2, 0) is 17.1 Å². The molecule has 0 radical (unpaired) electrons. The molecule has 2 N–H and O–H groups in total. The lowest BCUT2D eigenvalue weighted by atomic mass is 10.2. The first-order valence-corrected chi connectivity index (χ1v) is 11.6. The second-order valence-electron chi connectivity index (χ2n) is 7.06. The van der Waals surface area contributed by atoms with E-state index in [0.29, 0.717) is 16.9 Å². The van der Waals surface area contributed by atoms with E-state index in [0.717, 1.165) is 27.1 Å². The molecule has 7 nitrogen and oxygen atoms in total. The van der Waals surface area contributed by atoms with Gasteiger partial charge in [0.05, 0.1) is 15.1 Å². The topological polar surface area (TPSA) is 97.3 Å². The average Bonchev–Trinajstić information content (AvgIpc) is 3.01. The summed E-state index contributed by atoms with van der Waals surface area (Å²) in [5.41, 5.74) is 3.07. The molecule has 0 aliphatic heterocycles. The quantitative estimate of drug-likeness (QED) is 0.478. The van der Waals surface area contributed by atoms with Crippen LogP contribution >= 0.6 is 11.3 Å². The number of hydrogen-bond acceptors (Lipinski definition) is 5. The van der Waals surface area contributed by atoms with Crippen LogP contribution in [0.1, 0.15) is 15.9 Å². The van der Waals surface area contributed by atoms with Gasteiger partial charge in [-0.05, 0) is 61.5 Å². The standard InChI is InChI=1S/C22H19N3O4S2/c1-14-3-10-18(11-4-14)31(28,29)24-16-7-5-15(6-8-16)21(26)23-17-9-12-19-20(13-17)30-22(27)25(19)2/h3-13,24H,1-2H3,(H,23,26). The highest BCUT2D eigenvalue weighted by atomic mass is 32.2. The van der Waals surface area contributed by atoms with Gasteiger partial charge in [0.2, 0.25) is 0 Å². The monoisotopic (exact) mass is 453 g/mol. The van der Waals surface area contributed by atoms with Crippen LogP contribution in [0.5, 0.6) is 0 Å². The Morgan fingerprint density at radius 3 is 2.26 bits per heavy atom. The molecule has 0 bridgehead atoms. The van der Waals surface area contributed by atoms with E-state index in [4.69, 9.17) is 0 Å². The largest absolute Gasteiger partial charge is 0.322 e. The first-order chi connectivity index (χ1) is 14.7. The molecule has 0 aliphatic rings. The van der Waals surface area contributed by atoms with Gasteiger partial charge in [0.15, 0.2) is 0 Å². The van der Waals surface area contributed by atoms with Gasteiger partial charge >= 0.3 is 4.87 Å². The van der Waals surface area contributed by atoms with Crippen molar-refractivity contribution in [2.24, 2.45) is 7.05 Å². The molecule has 4 aromatic rings. The van der Waals surface area contributed by atoms with Gasteiger partial charge in [-0.15, -0.1) is 0 Å². The molecule has 0 aliphatic carbocycles. The van der Waals surface area contributed by atoms with Gasteiger partial charge in [-0.25, -0.2) is 8.42 Å². The number of sulfonamides is 1. The molecule has 1 aromatic heterocycles. The zero-order chi connectivity index (χ0) is 22.2. The number of carbonyl (C=O) groups excluding carboxylic acids is 1. The molecule has 0 spiro atoms. The molecule has 0 saturated heterocycles. The van der Waals surface area contributed by atoms with Crippen LogP contribution in [-0.4, -0.2) is 18.9 Å². The first-order valence-electron chi connectivity index (χ1n) is 9.33. The average molecular weight is 454 g/mol. The third-order valence-electron chi connectivity index (χ3n) is 4.78. The highest BCUT2D eigenvalue weighted by molar-refractivity contribution is 7.92. The zero-order valence-electron chi connectivity index (χ0n) is 16.7. The summed E-state index contributed by atoms with van der Waals surface area (Å²) in [6.45, 7) is 1.88. The number of benzene rings is 3. The minimum absolute atomic E-state index is 0.0674. The van der Waals surface area contributed by atoms with Gasteiger partial charge in [-0.1, -0.05) is 29.0 Å². The lowest BCUT2D eigenvalue weighted by Crippen LogP contribution is -2.14. The number of thiazole rings is 1. The van der Waals surface area contributed by atoms with Gasteiger partial charge in [-0.2, -0.15) is 0 Å². The van der Waals surface area contributed by atoms with Crippen molar-refractivity contribution in [2.45, 2.75) is 11.8 Å². The predicted molar refractivity (Wildman–Crippen MR) is 123 cm³/mol. The number of aromatic nitrogens is 1. The molecule has 1 heterocycles. The van der Waals surface area contributed by atoms with Crippen molar-refractivity contribution in [3.05, 3.63) is 87.5 Å². The van der Waals surface area contributed by atoms with E-state index >= 15 is 0 Å². The molecule has 0 fully saturated rings. The van der Waals surface area contributed by atoms with Crippen LogP contribution < -0.4 is 14.9 Å². The van der Waals surface area contributed by atoms with Gasteiger partial charge in [0, 0.05) is 24.0 Å². The summed E-state index contributed by atoms with van der Waals surface area (Å²) in [6.07, 6.45) is 0. The molecule has 0 saturated carbocycles. The van der Waals surface area contributed by atoms with Crippen molar-refractivity contribution in [2.75, 3.05) is 10.0 Å². The van der Waals surface area contributed by atoms with E-state index in [2.05, 4.69) is 10.0 Å². The molecule has 1 amide bonds. The number of rotatable bonds is 5. The van der Waals surface area contributed by atoms with Crippen LogP contribution in [0.4, 0.5) is 11.4 Å². The number of amides is 1. The second kappa shape index (κ2) is 8.01. The molecule has 0 atom stereocenters. The Kier molecular flexibility index (Phi) is 5.38. The van der Waals surface area contributed by atoms with Gasteiger partial charge in [0.1, 0.15) is 0 Å². The second-order valence-corrected chi connectivity index (χ2v) is 9.74. The van der Waals surface area contributed by atoms with Crippen molar-refractivity contribution in [1.29, 1.82) is 0 Å². The Morgan fingerprint density at radius 2 is 1.58 bits per heavy atom. The van der Waals surface area contributed by atoms with E-state index in [1.807, 2.05) is 6.92 Å². The number of nitrogens with one attached hydrogen (secondary N) is 2. The number of aryl methyl sites for hydroxylation is 2. The molecular weight excluding hydrogens is 434 g/mol. The predicted octanol–water partition coefficient (Wildman–Crippen LogP) is 3.96. The maximum atomic E-state index is 12.6. The normalized spacial score (nSPS) is 11.4. The fourth-order valence-corrected chi connectivity index (χ4v) is 5.01. The number of anilines is 2. The molecule has 3 aromatic carbocycles. The number of nitrogens with zero attached hydrogens (tertiary/aromatic N) is 1. The summed E-state index contributed by atoms with van der Waals surface area (Å²) < 4.78 is 29.8. The van der Waals surface area contributed by atoms with Gasteiger partial charge in [-0.3, -0.25) is 14.3 Å². The summed E-state index contributed by atoms with van der Waals surface area (Å²) in [4.78, 5) is 24.4. The maximum absolute atomic E-state index is 12.6. The Morgan fingerprint density at radius 1 is 0.935 bits per heavy atom. The van der Waals surface area contributed by atoms with E-state index in [1.54, 1.807) is 66.2 Å². The van der Waals surface area contributed by atoms with Crippen molar-refractivity contribution >= 4 is 48.9 Å². The summed E-state index contributed by atoms with van der Waals surface area (Å²) in [6, 6.07) is 18.0. The summed E-state index contributed by atoms with van der Waals surface area (Å²) in [5, 5.41) is 2.80. The van der Waals surface area contributed by atoms with E-state index < -0.39 is 10.0 Å². The molecule has 158 valence electrons. The van der Waals surface area contributed by atoms with Crippen LogP contribution in [0.3, 0.4) is 0 Å². The fraction of sp³-hybridized carbons (Fsp3) is 0.0909. The highest BCUT2D eigenvalue weighted by Crippen LogP contribution is 2.22. The lowest BCUT2D eigenvalue weighted by molar-refractivity contribution is 0.102. The Hall–Kier alpha value is -3.43. The molecule has 9 heteroatoms.